The van der Waals surface area contributed by atoms with Crippen LogP contribution in [0.1, 0.15) is 44.6 Å². The number of rotatable bonds is 11. The largest absolute Gasteiger partial charge is 0.391 e. The molecule has 1 heterocycles. The normalized spacial score (nSPS) is 17.4. The van der Waals surface area contributed by atoms with Crippen molar-refractivity contribution in [3.8, 4) is 0 Å². The van der Waals surface area contributed by atoms with Crippen LogP contribution >= 0.6 is 11.6 Å². The van der Waals surface area contributed by atoms with Crippen LogP contribution in [0, 0.1) is 0 Å². The molecular formula is C21H33ClN2O3. The van der Waals surface area contributed by atoms with Gasteiger partial charge in [0.05, 0.1) is 25.4 Å². The minimum atomic E-state index is -0.585. The Labute approximate surface area is 168 Å². The zero-order valence-corrected chi connectivity index (χ0v) is 17.1. The van der Waals surface area contributed by atoms with E-state index in [0.717, 1.165) is 57.7 Å². The Morgan fingerprint density at radius 2 is 1.96 bits per heavy atom. The number of amides is 1. The van der Waals surface area contributed by atoms with Crippen LogP contribution in [0.3, 0.4) is 0 Å². The molecule has 1 aromatic rings. The summed E-state index contributed by atoms with van der Waals surface area (Å²) in [6, 6.07) is 7.30. The fourth-order valence-corrected chi connectivity index (χ4v) is 3.44. The molecule has 1 amide bonds. The van der Waals surface area contributed by atoms with Crippen molar-refractivity contribution in [2.45, 2.75) is 57.6 Å². The van der Waals surface area contributed by atoms with E-state index < -0.39 is 6.10 Å². The van der Waals surface area contributed by atoms with Crippen LogP contribution in [0.2, 0.25) is 5.02 Å². The lowest BCUT2D eigenvalue weighted by Crippen LogP contribution is -2.46. The Bertz CT molecular complexity index is 547. The van der Waals surface area contributed by atoms with Crippen LogP contribution in [0.5, 0.6) is 0 Å². The van der Waals surface area contributed by atoms with Crippen molar-refractivity contribution in [3.05, 3.63) is 34.9 Å². The molecule has 2 N–H and O–H groups in total. The van der Waals surface area contributed by atoms with Crippen LogP contribution in [0.25, 0.3) is 0 Å². The number of carbonyl (C=O) groups is 1. The van der Waals surface area contributed by atoms with E-state index in [-0.39, 0.29) is 11.9 Å². The second-order valence-electron chi connectivity index (χ2n) is 7.27. The molecule has 6 heteroatoms. The smallest absolute Gasteiger partial charge is 0.220 e. The van der Waals surface area contributed by atoms with Crippen LogP contribution < -0.4 is 5.32 Å². The highest BCUT2D eigenvalue weighted by Gasteiger charge is 2.23. The summed E-state index contributed by atoms with van der Waals surface area (Å²) >= 11 is 5.97. The second kappa shape index (κ2) is 12.3. The van der Waals surface area contributed by atoms with Gasteiger partial charge in [-0.25, -0.2) is 0 Å². The van der Waals surface area contributed by atoms with Gasteiger partial charge < -0.3 is 15.2 Å². The van der Waals surface area contributed by atoms with Crippen molar-refractivity contribution in [3.63, 3.8) is 0 Å². The van der Waals surface area contributed by atoms with Gasteiger partial charge in [-0.15, -0.1) is 0 Å². The summed E-state index contributed by atoms with van der Waals surface area (Å²) in [4.78, 5) is 14.6. The Morgan fingerprint density at radius 3 is 2.63 bits per heavy atom. The van der Waals surface area contributed by atoms with E-state index >= 15 is 0 Å². The maximum absolute atomic E-state index is 12.3. The van der Waals surface area contributed by atoms with Crippen molar-refractivity contribution in [1.29, 1.82) is 0 Å². The Morgan fingerprint density at radius 1 is 1.26 bits per heavy atom. The van der Waals surface area contributed by atoms with E-state index in [0.29, 0.717) is 24.3 Å². The number of aliphatic hydroxyl groups excluding tert-OH is 1. The topological polar surface area (TPSA) is 61.8 Å². The highest BCUT2D eigenvalue weighted by Crippen LogP contribution is 2.14. The highest BCUT2D eigenvalue weighted by molar-refractivity contribution is 6.30. The number of ether oxygens (including phenoxy) is 1. The predicted molar refractivity (Wildman–Crippen MR) is 109 cm³/mol. The summed E-state index contributed by atoms with van der Waals surface area (Å²) in [5.74, 6) is 0.0211. The molecule has 1 aliphatic heterocycles. The van der Waals surface area contributed by atoms with Gasteiger partial charge in [0.25, 0.3) is 0 Å². The maximum atomic E-state index is 12.3. The molecule has 0 bridgehead atoms. The van der Waals surface area contributed by atoms with Gasteiger partial charge in [0.15, 0.2) is 0 Å². The Kier molecular flexibility index (Phi) is 10.1. The molecule has 0 aromatic heterocycles. The predicted octanol–water partition coefficient (Wildman–Crippen LogP) is 3.03. The van der Waals surface area contributed by atoms with Gasteiger partial charge >= 0.3 is 0 Å². The number of halogens is 1. The summed E-state index contributed by atoms with van der Waals surface area (Å²) < 4.78 is 5.37. The quantitative estimate of drug-likeness (QED) is 0.564. The summed E-state index contributed by atoms with van der Waals surface area (Å²) in [5.41, 5.74) is 1.06. The van der Waals surface area contributed by atoms with Crippen molar-refractivity contribution in [2.24, 2.45) is 0 Å². The molecule has 2 atom stereocenters. The third kappa shape index (κ3) is 8.60. The first kappa shape index (κ1) is 22.2. The van der Waals surface area contributed by atoms with Crippen LogP contribution in [-0.2, 0) is 16.0 Å². The first-order chi connectivity index (χ1) is 13.1. The molecule has 1 aromatic carbocycles. The second-order valence-corrected chi connectivity index (χ2v) is 7.71. The van der Waals surface area contributed by atoms with Gasteiger partial charge in [-0.1, -0.05) is 43.5 Å². The van der Waals surface area contributed by atoms with Crippen LogP contribution in [0.4, 0.5) is 0 Å². The molecule has 0 radical (unpaired) electrons. The molecule has 0 saturated carbocycles. The SMILES string of the molecule is CCCCCC(=O)NC(Cc1ccc(Cl)cc1)C(O)CCN1CCOCC1. The number of hydrogen-bond acceptors (Lipinski definition) is 4. The van der Waals surface area contributed by atoms with Gasteiger partial charge in [-0.05, 0) is 37.0 Å². The lowest BCUT2D eigenvalue weighted by molar-refractivity contribution is -0.122. The first-order valence-electron chi connectivity index (χ1n) is 10.1. The zero-order valence-electron chi connectivity index (χ0n) is 16.3. The van der Waals surface area contributed by atoms with Crippen molar-refractivity contribution >= 4 is 17.5 Å². The van der Waals surface area contributed by atoms with Gasteiger partial charge in [-0.2, -0.15) is 0 Å². The van der Waals surface area contributed by atoms with Crippen LogP contribution in [-0.4, -0.2) is 60.9 Å². The molecule has 2 unspecified atom stereocenters. The Balaban J connectivity index is 1.91. The minimum absolute atomic E-state index is 0.0211. The number of nitrogens with one attached hydrogen (secondary N) is 1. The van der Waals surface area contributed by atoms with Crippen molar-refractivity contribution in [1.82, 2.24) is 10.2 Å². The van der Waals surface area contributed by atoms with Crippen molar-refractivity contribution in [2.75, 3.05) is 32.8 Å². The highest BCUT2D eigenvalue weighted by atomic mass is 35.5. The van der Waals surface area contributed by atoms with E-state index in [9.17, 15) is 9.90 Å². The van der Waals surface area contributed by atoms with Crippen LogP contribution in [0.15, 0.2) is 24.3 Å². The van der Waals surface area contributed by atoms with E-state index in [4.69, 9.17) is 16.3 Å². The lowest BCUT2D eigenvalue weighted by Gasteiger charge is -2.30. The number of aliphatic hydroxyl groups is 1. The average molecular weight is 397 g/mol. The molecule has 0 spiro atoms. The molecule has 2 rings (SSSR count). The van der Waals surface area contributed by atoms with E-state index in [1.165, 1.54) is 0 Å². The molecule has 0 aliphatic carbocycles. The first-order valence-corrected chi connectivity index (χ1v) is 10.5. The molecule has 5 nitrogen and oxygen atoms in total. The molecular weight excluding hydrogens is 364 g/mol. The summed E-state index contributed by atoms with van der Waals surface area (Å²) in [6.07, 6.45) is 4.19. The van der Waals surface area contributed by atoms with Gasteiger partial charge in [0.1, 0.15) is 0 Å². The molecule has 152 valence electrons. The average Bonchev–Trinajstić information content (AvgIpc) is 2.68. The number of morpholine rings is 1. The minimum Gasteiger partial charge on any atom is -0.391 e. The molecule has 1 aliphatic rings. The van der Waals surface area contributed by atoms with E-state index in [1.807, 2.05) is 24.3 Å². The van der Waals surface area contributed by atoms with Gasteiger partial charge in [0, 0.05) is 31.1 Å². The summed E-state index contributed by atoms with van der Waals surface area (Å²) in [7, 11) is 0. The number of nitrogens with zero attached hydrogens (tertiary/aromatic N) is 1. The third-order valence-corrected chi connectivity index (χ3v) is 5.28. The zero-order chi connectivity index (χ0) is 19.5. The molecule has 1 saturated heterocycles. The monoisotopic (exact) mass is 396 g/mol. The molecule has 1 fully saturated rings. The van der Waals surface area contributed by atoms with Gasteiger partial charge in [-0.3, -0.25) is 9.69 Å². The fraction of sp³-hybridized carbons (Fsp3) is 0.667. The number of carbonyl (C=O) groups excluding carboxylic acids is 1. The van der Waals surface area contributed by atoms with E-state index in [2.05, 4.69) is 17.1 Å². The third-order valence-electron chi connectivity index (χ3n) is 5.03. The van der Waals surface area contributed by atoms with E-state index in [1.54, 1.807) is 0 Å². The fourth-order valence-electron chi connectivity index (χ4n) is 3.31. The Hall–Kier alpha value is -1.14. The number of unbranched alkanes of at least 4 members (excludes halogenated alkanes) is 2. The summed E-state index contributed by atoms with van der Waals surface area (Å²) in [6.45, 7) is 6.23. The maximum Gasteiger partial charge on any atom is 0.220 e. The number of hydrogen-bond donors (Lipinski definition) is 2. The number of benzene rings is 1. The molecule has 27 heavy (non-hydrogen) atoms. The standard InChI is InChI=1S/C21H33ClN2O3/c1-2-3-4-5-21(26)23-19(16-17-6-8-18(22)9-7-17)20(25)10-11-24-12-14-27-15-13-24/h6-9,19-20,25H,2-5,10-16H2,1H3,(H,23,26). The lowest BCUT2D eigenvalue weighted by atomic mass is 9.98. The summed E-state index contributed by atoms with van der Waals surface area (Å²) in [5, 5.41) is 14.5. The van der Waals surface area contributed by atoms with Crippen molar-refractivity contribution < 1.29 is 14.6 Å². The van der Waals surface area contributed by atoms with Gasteiger partial charge in [0.2, 0.25) is 5.91 Å².